The van der Waals surface area contributed by atoms with Crippen molar-refractivity contribution < 1.29 is 9.18 Å². The standard InChI is InChI=1S/C18H27FN4O/c19-15-4-6-16(7-5-15)23-13-11-22(12-14-23)10-9-21-18(24)17-3-1-2-8-20-17/h4-7,17,20H,1-3,8-14H2,(H,21,24). The van der Waals surface area contributed by atoms with Gasteiger partial charge in [0.1, 0.15) is 5.82 Å². The Bertz CT molecular complexity index is 522. The largest absolute Gasteiger partial charge is 0.369 e. The predicted molar refractivity (Wildman–Crippen MR) is 93.7 cm³/mol. The van der Waals surface area contributed by atoms with Crippen LogP contribution in [0.2, 0.25) is 0 Å². The number of anilines is 1. The Balaban J connectivity index is 1.35. The third kappa shape index (κ3) is 4.68. The van der Waals surface area contributed by atoms with Crippen molar-refractivity contribution in [2.24, 2.45) is 0 Å². The summed E-state index contributed by atoms with van der Waals surface area (Å²) in [6.07, 6.45) is 3.25. The average molecular weight is 334 g/mol. The normalized spacial score (nSPS) is 22.4. The molecule has 1 amide bonds. The Labute approximate surface area is 143 Å². The van der Waals surface area contributed by atoms with Crippen LogP contribution in [0.3, 0.4) is 0 Å². The molecule has 3 rings (SSSR count). The van der Waals surface area contributed by atoms with Gasteiger partial charge in [-0.15, -0.1) is 0 Å². The minimum Gasteiger partial charge on any atom is -0.369 e. The Morgan fingerprint density at radius 3 is 2.58 bits per heavy atom. The first-order chi connectivity index (χ1) is 11.7. The Morgan fingerprint density at radius 2 is 1.92 bits per heavy atom. The molecule has 1 aromatic carbocycles. The molecule has 0 aliphatic carbocycles. The number of carbonyl (C=O) groups excluding carboxylic acids is 1. The summed E-state index contributed by atoms with van der Waals surface area (Å²) in [5.41, 5.74) is 1.08. The molecule has 24 heavy (non-hydrogen) atoms. The summed E-state index contributed by atoms with van der Waals surface area (Å²) < 4.78 is 13.0. The SMILES string of the molecule is O=C(NCCN1CCN(c2ccc(F)cc2)CC1)C1CCCCN1. The van der Waals surface area contributed by atoms with E-state index in [1.165, 1.54) is 18.6 Å². The van der Waals surface area contributed by atoms with Gasteiger partial charge >= 0.3 is 0 Å². The smallest absolute Gasteiger partial charge is 0.237 e. The van der Waals surface area contributed by atoms with Gasteiger partial charge in [0, 0.05) is 45.0 Å². The zero-order valence-corrected chi connectivity index (χ0v) is 14.1. The average Bonchev–Trinajstić information content (AvgIpc) is 2.64. The molecule has 1 aromatic rings. The topological polar surface area (TPSA) is 47.6 Å². The van der Waals surface area contributed by atoms with Gasteiger partial charge in [-0.3, -0.25) is 9.69 Å². The molecule has 2 fully saturated rings. The number of nitrogens with one attached hydrogen (secondary N) is 2. The van der Waals surface area contributed by atoms with E-state index in [1.807, 2.05) is 12.1 Å². The van der Waals surface area contributed by atoms with E-state index in [0.29, 0.717) is 6.54 Å². The molecule has 0 spiro atoms. The van der Waals surface area contributed by atoms with Crippen LogP contribution in [-0.2, 0) is 4.79 Å². The van der Waals surface area contributed by atoms with Gasteiger partial charge < -0.3 is 15.5 Å². The van der Waals surface area contributed by atoms with E-state index in [-0.39, 0.29) is 17.8 Å². The van der Waals surface area contributed by atoms with Gasteiger partial charge in [-0.05, 0) is 43.7 Å². The molecule has 2 heterocycles. The highest BCUT2D eigenvalue weighted by Crippen LogP contribution is 2.16. The van der Waals surface area contributed by atoms with Crippen molar-refractivity contribution in [3.63, 3.8) is 0 Å². The van der Waals surface area contributed by atoms with Crippen molar-refractivity contribution in [3.8, 4) is 0 Å². The molecule has 5 nitrogen and oxygen atoms in total. The summed E-state index contributed by atoms with van der Waals surface area (Å²) in [5, 5.41) is 6.33. The maximum atomic E-state index is 13.0. The summed E-state index contributed by atoms with van der Waals surface area (Å²) >= 11 is 0. The Hall–Kier alpha value is -1.66. The fourth-order valence-corrected chi connectivity index (χ4v) is 3.42. The van der Waals surface area contributed by atoms with Crippen molar-refractivity contribution in [3.05, 3.63) is 30.1 Å². The highest BCUT2D eigenvalue weighted by Gasteiger charge is 2.21. The van der Waals surface area contributed by atoms with Crippen LogP contribution >= 0.6 is 0 Å². The summed E-state index contributed by atoms with van der Waals surface area (Å²) in [6, 6.07) is 6.69. The lowest BCUT2D eigenvalue weighted by atomic mass is 10.0. The zero-order valence-electron chi connectivity index (χ0n) is 14.1. The van der Waals surface area contributed by atoms with E-state index in [0.717, 1.165) is 57.8 Å². The summed E-state index contributed by atoms with van der Waals surface area (Å²) in [7, 11) is 0. The molecule has 0 aromatic heterocycles. The van der Waals surface area contributed by atoms with E-state index in [9.17, 15) is 9.18 Å². The second kappa shape index (κ2) is 8.44. The number of hydrogen-bond acceptors (Lipinski definition) is 4. The van der Waals surface area contributed by atoms with Crippen LogP contribution in [0.25, 0.3) is 0 Å². The van der Waals surface area contributed by atoms with E-state index >= 15 is 0 Å². The summed E-state index contributed by atoms with van der Waals surface area (Å²) in [6.45, 7) is 6.34. The molecule has 6 heteroatoms. The molecule has 2 aliphatic heterocycles. The number of halogens is 1. The van der Waals surface area contributed by atoms with E-state index in [4.69, 9.17) is 0 Å². The first kappa shape index (κ1) is 17.2. The molecule has 0 radical (unpaired) electrons. The van der Waals surface area contributed by atoms with Crippen molar-refractivity contribution in [2.45, 2.75) is 25.3 Å². The lowest BCUT2D eigenvalue weighted by Crippen LogP contribution is -2.51. The summed E-state index contributed by atoms with van der Waals surface area (Å²) in [5.74, 6) is -0.0553. The fourth-order valence-electron chi connectivity index (χ4n) is 3.42. The molecular formula is C18H27FN4O. The van der Waals surface area contributed by atoms with Crippen LogP contribution in [0, 0.1) is 5.82 Å². The third-order valence-corrected chi connectivity index (χ3v) is 4.92. The van der Waals surface area contributed by atoms with Gasteiger partial charge in [0.25, 0.3) is 0 Å². The maximum Gasteiger partial charge on any atom is 0.237 e. The van der Waals surface area contributed by atoms with E-state index in [2.05, 4.69) is 20.4 Å². The lowest BCUT2D eigenvalue weighted by molar-refractivity contribution is -0.123. The monoisotopic (exact) mass is 334 g/mol. The molecule has 2 aliphatic rings. The van der Waals surface area contributed by atoms with Crippen molar-refractivity contribution >= 4 is 11.6 Å². The van der Waals surface area contributed by atoms with Crippen LogP contribution in [-0.4, -0.2) is 62.7 Å². The second-order valence-electron chi connectivity index (χ2n) is 6.60. The number of piperazine rings is 1. The number of hydrogen-bond donors (Lipinski definition) is 2. The number of rotatable bonds is 5. The molecular weight excluding hydrogens is 307 g/mol. The predicted octanol–water partition coefficient (Wildman–Crippen LogP) is 1.21. The van der Waals surface area contributed by atoms with E-state index in [1.54, 1.807) is 0 Å². The molecule has 0 bridgehead atoms. The van der Waals surface area contributed by atoms with E-state index < -0.39 is 0 Å². The number of benzene rings is 1. The Morgan fingerprint density at radius 1 is 1.17 bits per heavy atom. The zero-order chi connectivity index (χ0) is 16.8. The highest BCUT2D eigenvalue weighted by atomic mass is 19.1. The third-order valence-electron chi connectivity index (χ3n) is 4.92. The number of amides is 1. The van der Waals surface area contributed by atoms with Crippen LogP contribution in [0.1, 0.15) is 19.3 Å². The highest BCUT2D eigenvalue weighted by molar-refractivity contribution is 5.81. The van der Waals surface area contributed by atoms with Gasteiger partial charge in [-0.25, -0.2) is 4.39 Å². The quantitative estimate of drug-likeness (QED) is 0.850. The van der Waals surface area contributed by atoms with Crippen LogP contribution in [0.5, 0.6) is 0 Å². The molecule has 2 N–H and O–H groups in total. The van der Waals surface area contributed by atoms with Crippen molar-refractivity contribution in [1.29, 1.82) is 0 Å². The first-order valence-electron chi connectivity index (χ1n) is 8.96. The van der Waals surface area contributed by atoms with Crippen molar-refractivity contribution in [1.82, 2.24) is 15.5 Å². The Kier molecular flexibility index (Phi) is 6.04. The fraction of sp³-hybridized carbons (Fsp3) is 0.611. The molecule has 0 saturated carbocycles. The van der Waals surface area contributed by atoms with Crippen molar-refractivity contribution in [2.75, 3.05) is 50.7 Å². The first-order valence-corrected chi connectivity index (χ1v) is 8.96. The van der Waals surface area contributed by atoms with Gasteiger partial charge in [0.05, 0.1) is 6.04 Å². The molecule has 1 atom stereocenters. The van der Waals surface area contributed by atoms with Crippen LogP contribution in [0.4, 0.5) is 10.1 Å². The molecule has 2 saturated heterocycles. The van der Waals surface area contributed by atoms with Gasteiger partial charge in [0.2, 0.25) is 5.91 Å². The number of carbonyl (C=O) groups is 1. The molecule has 1 unspecified atom stereocenters. The van der Waals surface area contributed by atoms with Gasteiger partial charge in [-0.1, -0.05) is 6.42 Å². The lowest BCUT2D eigenvalue weighted by Gasteiger charge is -2.36. The summed E-state index contributed by atoms with van der Waals surface area (Å²) in [4.78, 5) is 16.7. The van der Waals surface area contributed by atoms with Crippen LogP contribution in [0.15, 0.2) is 24.3 Å². The number of piperidine rings is 1. The van der Waals surface area contributed by atoms with Gasteiger partial charge in [0.15, 0.2) is 0 Å². The molecule has 132 valence electrons. The minimum absolute atomic E-state index is 0.00549. The van der Waals surface area contributed by atoms with Gasteiger partial charge in [-0.2, -0.15) is 0 Å². The van der Waals surface area contributed by atoms with Crippen LogP contribution < -0.4 is 15.5 Å². The second-order valence-corrected chi connectivity index (χ2v) is 6.60. The minimum atomic E-state index is -0.194. The number of nitrogens with zero attached hydrogens (tertiary/aromatic N) is 2. The maximum absolute atomic E-state index is 13.0.